The average Bonchev–Trinajstić information content (AvgIpc) is 2.13. The molecule has 0 N–H and O–H groups in total. The van der Waals surface area contributed by atoms with Gasteiger partial charge < -0.3 is 0 Å². The van der Waals surface area contributed by atoms with Gasteiger partial charge in [-0.1, -0.05) is 41.9 Å². The summed E-state index contributed by atoms with van der Waals surface area (Å²) in [5.74, 6) is 0. The summed E-state index contributed by atoms with van der Waals surface area (Å²) in [6.07, 6.45) is 0. The minimum absolute atomic E-state index is 0.514. The second-order valence-corrected chi connectivity index (χ2v) is 6.22. The van der Waals surface area contributed by atoms with Gasteiger partial charge in [0, 0.05) is 23.6 Å². The number of halogens is 1. The SMILES string of the molecule is CC(c1cccc(Br)c1)N1CC(C)(C)C1. The predicted octanol–water partition coefficient (Wildman–Crippen LogP) is 3.85. The molecule has 0 bridgehead atoms. The van der Waals surface area contributed by atoms with Crippen molar-refractivity contribution in [3.63, 3.8) is 0 Å². The first-order valence-corrected chi connectivity index (χ1v) is 6.27. The maximum Gasteiger partial charge on any atom is 0.0320 e. The molecule has 82 valence electrons. The Balaban J connectivity index is 2.06. The van der Waals surface area contributed by atoms with Crippen LogP contribution < -0.4 is 0 Å². The molecule has 0 spiro atoms. The molecule has 0 aromatic heterocycles. The van der Waals surface area contributed by atoms with E-state index in [4.69, 9.17) is 0 Å². The predicted molar refractivity (Wildman–Crippen MR) is 67.9 cm³/mol. The van der Waals surface area contributed by atoms with Crippen molar-refractivity contribution in [2.45, 2.75) is 26.8 Å². The molecule has 15 heavy (non-hydrogen) atoms. The number of nitrogens with zero attached hydrogens (tertiary/aromatic N) is 1. The fourth-order valence-electron chi connectivity index (χ4n) is 2.30. The smallest absolute Gasteiger partial charge is 0.0320 e. The van der Waals surface area contributed by atoms with Crippen molar-refractivity contribution in [2.24, 2.45) is 5.41 Å². The van der Waals surface area contributed by atoms with E-state index in [0.29, 0.717) is 11.5 Å². The highest BCUT2D eigenvalue weighted by atomic mass is 79.9. The average molecular weight is 268 g/mol. The van der Waals surface area contributed by atoms with Gasteiger partial charge in [-0.15, -0.1) is 0 Å². The summed E-state index contributed by atoms with van der Waals surface area (Å²) in [5, 5.41) is 0. The number of rotatable bonds is 2. The van der Waals surface area contributed by atoms with Gasteiger partial charge in [0.15, 0.2) is 0 Å². The summed E-state index contributed by atoms with van der Waals surface area (Å²) in [4.78, 5) is 2.53. The van der Waals surface area contributed by atoms with Crippen molar-refractivity contribution in [2.75, 3.05) is 13.1 Å². The third kappa shape index (κ3) is 2.43. The summed E-state index contributed by atoms with van der Waals surface area (Å²) in [6, 6.07) is 9.16. The zero-order valence-electron chi connectivity index (χ0n) is 9.63. The third-order valence-corrected chi connectivity index (χ3v) is 3.63. The Labute approximate surface area is 101 Å². The van der Waals surface area contributed by atoms with Gasteiger partial charge >= 0.3 is 0 Å². The molecule has 1 unspecified atom stereocenters. The van der Waals surface area contributed by atoms with E-state index >= 15 is 0 Å². The first-order valence-electron chi connectivity index (χ1n) is 5.47. The third-order valence-electron chi connectivity index (χ3n) is 3.14. The van der Waals surface area contributed by atoms with Crippen LogP contribution in [0.25, 0.3) is 0 Å². The molecule has 1 fully saturated rings. The van der Waals surface area contributed by atoms with Gasteiger partial charge in [0.1, 0.15) is 0 Å². The van der Waals surface area contributed by atoms with Crippen LogP contribution in [0.1, 0.15) is 32.4 Å². The largest absolute Gasteiger partial charge is 0.295 e. The van der Waals surface area contributed by atoms with E-state index in [-0.39, 0.29) is 0 Å². The van der Waals surface area contributed by atoms with Crippen LogP contribution in [-0.4, -0.2) is 18.0 Å². The molecule has 0 aliphatic carbocycles. The van der Waals surface area contributed by atoms with E-state index in [0.717, 1.165) is 0 Å². The Bertz CT molecular complexity index is 351. The highest BCUT2D eigenvalue weighted by Crippen LogP contribution is 2.36. The minimum Gasteiger partial charge on any atom is -0.295 e. The van der Waals surface area contributed by atoms with E-state index < -0.39 is 0 Å². The Morgan fingerprint density at radius 1 is 1.33 bits per heavy atom. The summed E-state index contributed by atoms with van der Waals surface area (Å²) < 4.78 is 1.17. The van der Waals surface area contributed by atoms with Gasteiger partial charge in [0.2, 0.25) is 0 Å². The molecule has 0 radical (unpaired) electrons. The van der Waals surface area contributed by atoms with Gasteiger partial charge in [0.05, 0.1) is 0 Å². The fourth-order valence-corrected chi connectivity index (χ4v) is 2.72. The molecule has 1 atom stereocenters. The van der Waals surface area contributed by atoms with Crippen LogP contribution in [0.15, 0.2) is 28.7 Å². The van der Waals surface area contributed by atoms with Crippen molar-refractivity contribution in [1.29, 1.82) is 0 Å². The van der Waals surface area contributed by atoms with Crippen molar-refractivity contribution < 1.29 is 0 Å². The lowest BCUT2D eigenvalue weighted by molar-refractivity contribution is -0.000980. The first-order chi connectivity index (χ1) is 6.98. The zero-order valence-corrected chi connectivity index (χ0v) is 11.2. The molecule has 0 amide bonds. The van der Waals surface area contributed by atoms with Crippen LogP contribution in [-0.2, 0) is 0 Å². The van der Waals surface area contributed by atoms with Crippen LogP contribution in [0, 0.1) is 5.41 Å². The lowest BCUT2D eigenvalue weighted by atomic mass is 9.82. The second kappa shape index (κ2) is 3.91. The second-order valence-electron chi connectivity index (χ2n) is 5.30. The molecule has 1 aromatic carbocycles. The lowest BCUT2D eigenvalue weighted by Gasteiger charge is -2.49. The van der Waals surface area contributed by atoms with E-state index in [2.05, 4.69) is 65.9 Å². The van der Waals surface area contributed by atoms with Gasteiger partial charge in [-0.2, -0.15) is 0 Å². The lowest BCUT2D eigenvalue weighted by Crippen LogP contribution is -2.53. The van der Waals surface area contributed by atoms with Crippen molar-refractivity contribution in [3.8, 4) is 0 Å². The molecule has 0 saturated carbocycles. The van der Waals surface area contributed by atoms with Crippen LogP contribution in [0.2, 0.25) is 0 Å². The Hall–Kier alpha value is -0.340. The van der Waals surface area contributed by atoms with Crippen LogP contribution in [0.5, 0.6) is 0 Å². The number of benzene rings is 1. The Morgan fingerprint density at radius 2 is 2.00 bits per heavy atom. The highest BCUT2D eigenvalue weighted by molar-refractivity contribution is 9.10. The molecule has 2 rings (SSSR count). The minimum atomic E-state index is 0.514. The Morgan fingerprint density at radius 3 is 2.53 bits per heavy atom. The van der Waals surface area contributed by atoms with E-state index in [1.807, 2.05) is 0 Å². The summed E-state index contributed by atoms with van der Waals surface area (Å²) in [5.41, 5.74) is 1.92. The number of hydrogen-bond donors (Lipinski definition) is 0. The molecule has 1 aliphatic heterocycles. The quantitative estimate of drug-likeness (QED) is 0.787. The molecular formula is C13H18BrN. The molecule has 1 aliphatic rings. The molecule has 1 saturated heterocycles. The zero-order chi connectivity index (χ0) is 11.1. The monoisotopic (exact) mass is 267 g/mol. The number of hydrogen-bond acceptors (Lipinski definition) is 1. The maximum absolute atomic E-state index is 3.52. The standard InChI is InChI=1S/C13H18BrN/c1-10(15-8-13(2,3)9-15)11-5-4-6-12(14)7-11/h4-7,10H,8-9H2,1-3H3. The van der Waals surface area contributed by atoms with Gasteiger partial charge in [0.25, 0.3) is 0 Å². The Kier molecular flexibility index (Phi) is 2.91. The highest BCUT2D eigenvalue weighted by Gasteiger charge is 2.36. The summed E-state index contributed by atoms with van der Waals surface area (Å²) >= 11 is 3.52. The molecule has 1 nitrogen and oxygen atoms in total. The first kappa shape index (κ1) is 11.2. The van der Waals surface area contributed by atoms with Gasteiger partial charge in [-0.05, 0) is 30.0 Å². The maximum atomic E-state index is 3.52. The topological polar surface area (TPSA) is 3.24 Å². The normalized spacial score (nSPS) is 22.1. The van der Waals surface area contributed by atoms with Crippen molar-refractivity contribution in [1.82, 2.24) is 4.90 Å². The summed E-state index contributed by atoms with van der Waals surface area (Å²) in [7, 11) is 0. The molecule has 1 aromatic rings. The molecular weight excluding hydrogens is 250 g/mol. The van der Waals surface area contributed by atoms with E-state index in [1.54, 1.807) is 0 Å². The number of likely N-dealkylation sites (tertiary alicyclic amines) is 1. The van der Waals surface area contributed by atoms with Crippen LogP contribution >= 0.6 is 15.9 Å². The van der Waals surface area contributed by atoms with Crippen molar-refractivity contribution in [3.05, 3.63) is 34.3 Å². The van der Waals surface area contributed by atoms with E-state index in [9.17, 15) is 0 Å². The van der Waals surface area contributed by atoms with Gasteiger partial charge in [-0.25, -0.2) is 0 Å². The van der Waals surface area contributed by atoms with Gasteiger partial charge in [-0.3, -0.25) is 4.90 Å². The fraction of sp³-hybridized carbons (Fsp3) is 0.538. The van der Waals surface area contributed by atoms with Crippen molar-refractivity contribution >= 4 is 15.9 Å². The molecule has 1 heterocycles. The van der Waals surface area contributed by atoms with Crippen LogP contribution in [0.3, 0.4) is 0 Å². The van der Waals surface area contributed by atoms with E-state index in [1.165, 1.54) is 23.1 Å². The molecule has 2 heteroatoms. The summed E-state index contributed by atoms with van der Waals surface area (Å²) in [6.45, 7) is 9.37. The van der Waals surface area contributed by atoms with Crippen LogP contribution in [0.4, 0.5) is 0 Å².